The average molecular weight is 479 g/mol. The second-order valence-corrected chi connectivity index (χ2v) is 8.95. The van der Waals surface area contributed by atoms with Crippen LogP contribution in [-0.2, 0) is 16.0 Å². The summed E-state index contributed by atoms with van der Waals surface area (Å²) in [5.41, 5.74) is 2.26. The molecule has 7 heteroatoms. The largest absolute Gasteiger partial charge is 0.507 e. The van der Waals surface area contributed by atoms with Crippen molar-refractivity contribution in [2.24, 2.45) is 0 Å². The Labute approximate surface area is 206 Å². The van der Waals surface area contributed by atoms with Crippen LogP contribution in [0.1, 0.15) is 50.4 Å². The summed E-state index contributed by atoms with van der Waals surface area (Å²) in [6, 6.07) is 12.1. The molecule has 0 radical (unpaired) electrons. The van der Waals surface area contributed by atoms with Crippen molar-refractivity contribution in [3.8, 4) is 11.5 Å². The number of carbonyl (C=O) groups excluding carboxylic acids is 2. The number of aliphatic hydroxyl groups excluding tert-OH is 1. The molecule has 4 rings (SSSR count). The number of likely N-dealkylation sites (tertiary alicyclic amines) is 1. The lowest BCUT2D eigenvalue weighted by Gasteiger charge is -2.29. The Bertz CT molecular complexity index is 1140. The molecule has 0 saturated carbocycles. The highest BCUT2D eigenvalue weighted by atomic mass is 16.5. The van der Waals surface area contributed by atoms with Crippen molar-refractivity contribution in [2.75, 3.05) is 32.8 Å². The number of likely N-dealkylation sites (N-methyl/N-ethyl adjacent to an activating group) is 1. The first kappa shape index (κ1) is 24.8. The molecule has 0 aromatic heterocycles. The molecule has 1 amide bonds. The Morgan fingerprint density at radius 1 is 1.14 bits per heavy atom. The fraction of sp³-hybridized carbons (Fsp3) is 0.429. The summed E-state index contributed by atoms with van der Waals surface area (Å²) in [6.07, 6.45) is 0.789. The van der Waals surface area contributed by atoms with Crippen molar-refractivity contribution in [3.63, 3.8) is 0 Å². The predicted octanol–water partition coefficient (Wildman–Crippen LogP) is 4.17. The first-order valence-corrected chi connectivity index (χ1v) is 12.4. The molecule has 0 bridgehead atoms. The summed E-state index contributed by atoms with van der Waals surface area (Å²) in [4.78, 5) is 30.4. The highest BCUT2D eigenvalue weighted by molar-refractivity contribution is 6.46. The number of rotatable bonds is 9. The van der Waals surface area contributed by atoms with Gasteiger partial charge in [0.1, 0.15) is 23.4 Å². The Balaban J connectivity index is 1.82. The van der Waals surface area contributed by atoms with Gasteiger partial charge in [0.2, 0.25) is 0 Å². The van der Waals surface area contributed by atoms with Crippen LogP contribution in [0.25, 0.3) is 5.76 Å². The van der Waals surface area contributed by atoms with Gasteiger partial charge in [-0.05, 0) is 56.8 Å². The van der Waals surface area contributed by atoms with Crippen LogP contribution in [0.3, 0.4) is 0 Å². The standard InChI is InChI=1S/C28H34N2O5/c1-5-29(6-2)14-15-30-25(21-10-8-9-11-23(21)34-7-3)24(27(32)28(30)33)26(31)19-12-13-22-20(17-19)16-18(4)35-22/h8-13,17-18,25,31H,5-7,14-16H2,1-4H3/b26-24+. The molecule has 1 saturated heterocycles. The number of ketones is 1. The monoisotopic (exact) mass is 478 g/mol. The molecule has 0 aliphatic carbocycles. The number of amides is 1. The molecular formula is C28H34N2O5. The Morgan fingerprint density at radius 2 is 1.89 bits per heavy atom. The number of para-hydroxylation sites is 1. The third kappa shape index (κ3) is 4.78. The van der Waals surface area contributed by atoms with Gasteiger partial charge >= 0.3 is 0 Å². The van der Waals surface area contributed by atoms with E-state index in [1.807, 2.05) is 50.2 Å². The quantitative estimate of drug-likeness (QED) is 0.331. The summed E-state index contributed by atoms with van der Waals surface area (Å²) in [6.45, 7) is 11.1. The number of ether oxygens (including phenoxy) is 2. The molecule has 1 fully saturated rings. The lowest BCUT2D eigenvalue weighted by atomic mass is 9.94. The fourth-order valence-electron chi connectivity index (χ4n) is 4.94. The van der Waals surface area contributed by atoms with Crippen LogP contribution in [0.2, 0.25) is 0 Å². The average Bonchev–Trinajstić information content (AvgIpc) is 3.35. The summed E-state index contributed by atoms with van der Waals surface area (Å²) in [5.74, 6) is -0.0762. The normalized spacial score (nSPS) is 20.9. The van der Waals surface area contributed by atoms with E-state index < -0.39 is 17.7 Å². The number of hydrogen-bond acceptors (Lipinski definition) is 6. The zero-order valence-electron chi connectivity index (χ0n) is 20.9. The zero-order valence-corrected chi connectivity index (χ0v) is 20.9. The minimum absolute atomic E-state index is 0.0612. The van der Waals surface area contributed by atoms with Crippen LogP contribution >= 0.6 is 0 Å². The van der Waals surface area contributed by atoms with Crippen LogP contribution in [0.15, 0.2) is 48.0 Å². The zero-order chi connectivity index (χ0) is 25.1. The van der Waals surface area contributed by atoms with E-state index in [0.29, 0.717) is 36.6 Å². The molecule has 1 N–H and O–H groups in total. The van der Waals surface area contributed by atoms with Crippen LogP contribution in [-0.4, -0.2) is 65.5 Å². The minimum atomic E-state index is -0.739. The molecule has 2 aliphatic rings. The molecule has 7 nitrogen and oxygen atoms in total. The van der Waals surface area contributed by atoms with E-state index in [1.165, 1.54) is 0 Å². The Morgan fingerprint density at radius 3 is 2.60 bits per heavy atom. The van der Waals surface area contributed by atoms with Crippen LogP contribution in [0.5, 0.6) is 11.5 Å². The summed E-state index contributed by atoms with van der Waals surface area (Å²) >= 11 is 0. The summed E-state index contributed by atoms with van der Waals surface area (Å²) in [5, 5.41) is 11.4. The highest BCUT2D eigenvalue weighted by Gasteiger charge is 2.47. The maximum Gasteiger partial charge on any atom is 0.295 e. The van der Waals surface area contributed by atoms with Crippen LogP contribution in [0, 0.1) is 0 Å². The van der Waals surface area contributed by atoms with E-state index in [1.54, 1.807) is 11.0 Å². The smallest absolute Gasteiger partial charge is 0.295 e. The van der Waals surface area contributed by atoms with Crippen LogP contribution < -0.4 is 9.47 Å². The van der Waals surface area contributed by atoms with Crippen LogP contribution in [0.4, 0.5) is 0 Å². The lowest BCUT2D eigenvalue weighted by Crippen LogP contribution is -2.38. The van der Waals surface area contributed by atoms with Crippen molar-refractivity contribution in [2.45, 2.75) is 46.3 Å². The maximum absolute atomic E-state index is 13.4. The molecule has 2 heterocycles. The number of aliphatic hydroxyl groups is 1. The van der Waals surface area contributed by atoms with Crippen molar-refractivity contribution in [3.05, 3.63) is 64.7 Å². The van der Waals surface area contributed by atoms with Gasteiger partial charge in [-0.25, -0.2) is 0 Å². The summed E-state index contributed by atoms with van der Waals surface area (Å²) < 4.78 is 11.6. The molecule has 0 spiro atoms. The van der Waals surface area contributed by atoms with Gasteiger partial charge in [-0.1, -0.05) is 32.0 Å². The van der Waals surface area contributed by atoms with Crippen molar-refractivity contribution in [1.82, 2.24) is 9.80 Å². The minimum Gasteiger partial charge on any atom is -0.507 e. The number of carbonyl (C=O) groups is 2. The number of hydrogen-bond donors (Lipinski definition) is 1. The van der Waals surface area contributed by atoms with Crippen molar-refractivity contribution >= 4 is 17.4 Å². The van der Waals surface area contributed by atoms with Gasteiger partial charge in [0.25, 0.3) is 11.7 Å². The summed E-state index contributed by atoms with van der Waals surface area (Å²) in [7, 11) is 0. The maximum atomic E-state index is 13.4. The van der Waals surface area contributed by atoms with E-state index >= 15 is 0 Å². The van der Waals surface area contributed by atoms with Gasteiger partial charge in [-0.2, -0.15) is 0 Å². The number of nitrogens with zero attached hydrogens (tertiary/aromatic N) is 2. The third-order valence-corrected chi connectivity index (χ3v) is 6.77. The SMILES string of the molecule is CCOc1ccccc1C1/C(=C(\O)c2ccc3c(c2)CC(C)O3)C(=O)C(=O)N1CCN(CC)CC. The molecule has 2 atom stereocenters. The van der Waals surface area contributed by atoms with Crippen molar-refractivity contribution in [1.29, 1.82) is 0 Å². The van der Waals surface area contributed by atoms with E-state index in [2.05, 4.69) is 18.7 Å². The van der Waals surface area contributed by atoms with E-state index in [9.17, 15) is 14.7 Å². The second-order valence-electron chi connectivity index (χ2n) is 8.95. The van der Waals surface area contributed by atoms with E-state index in [4.69, 9.17) is 9.47 Å². The third-order valence-electron chi connectivity index (χ3n) is 6.77. The first-order chi connectivity index (χ1) is 16.9. The molecule has 2 unspecified atom stereocenters. The Kier molecular flexibility index (Phi) is 7.45. The first-order valence-electron chi connectivity index (χ1n) is 12.4. The van der Waals surface area contributed by atoms with E-state index in [-0.39, 0.29) is 17.4 Å². The fourth-order valence-corrected chi connectivity index (χ4v) is 4.94. The number of benzene rings is 2. The van der Waals surface area contributed by atoms with Gasteiger partial charge in [0.15, 0.2) is 0 Å². The number of Topliss-reactive ketones (excluding diaryl/α,β-unsaturated/α-hetero) is 1. The van der Waals surface area contributed by atoms with Gasteiger partial charge in [-0.3, -0.25) is 9.59 Å². The molecule has 35 heavy (non-hydrogen) atoms. The van der Waals surface area contributed by atoms with Crippen molar-refractivity contribution < 1.29 is 24.2 Å². The lowest BCUT2D eigenvalue weighted by molar-refractivity contribution is -0.140. The second kappa shape index (κ2) is 10.5. The topological polar surface area (TPSA) is 79.3 Å². The number of fused-ring (bicyclic) bond motifs is 1. The van der Waals surface area contributed by atoms with Gasteiger partial charge < -0.3 is 24.4 Å². The molecule has 2 aromatic rings. The van der Waals surface area contributed by atoms with Gasteiger partial charge in [0.05, 0.1) is 18.2 Å². The molecule has 2 aliphatic heterocycles. The van der Waals surface area contributed by atoms with E-state index in [0.717, 1.165) is 30.8 Å². The molecule has 186 valence electrons. The van der Waals surface area contributed by atoms with Gasteiger partial charge in [-0.15, -0.1) is 0 Å². The molecule has 2 aromatic carbocycles. The molecular weight excluding hydrogens is 444 g/mol. The highest BCUT2D eigenvalue weighted by Crippen LogP contribution is 2.43. The Hall–Kier alpha value is -3.32. The van der Waals surface area contributed by atoms with Gasteiger partial charge in [0, 0.05) is 30.6 Å². The predicted molar refractivity (Wildman–Crippen MR) is 135 cm³/mol.